The Labute approximate surface area is 247 Å². The quantitative estimate of drug-likeness (QED) is 0.270. The van der Waals surface area contributed by atoms with Crippen molar-refractivity contribution in [2.45, 2.75) is 94.6 Å². The van der Waals surface area contributed by atoms with Gasteiger partial charge < -0.3 is 25.8 Å². The van der Waals surface area contributed by atoms with Gasteiger partial charge >= 0.3 is 12.3 Å². The van der Waals surface area contributed by atoms with Crippen molar-refractivity contribution in [2.24, 2.45) is 5.73 Å². The highest BCUT2D eigenvalue weighted by Gasteiger charge is 2.31. The van der Waals surface area contributed by atoms with E-state index < -0.39 is 17.8 Å². The van der Waals surface area contributed by atoms with E-state index in [1.165, 1.54) is 30.0 Å². The van der Waals surface area contributed by atoms with E-state index in [-0.39, 0.29) is 23.8 Å². The van der Waals surface area contributed by atoms with Crippen LogP contribution in [-0.4, -0.2) is 61.9 Å². The van der Waals surface area contributed by atoms with Crippen molar-refractivity contribution in [1.29, 1.82) is 0 Å². The van der Waals surface area contributed by atoms with Crippen LogP contribution in [0.5, 0.6) is 0 Å². The molecule has 232 valence electrons. The van der Waals surface area contributed by atoms with Gasteiger partial charge in [-0.25, -0.2) is 9.78 Å². The summed E-state index contributed by atoms with van der Waals surface area (Å²) in [7, 11) is 0. The SMILES string of the molecule is NC1CCC(Nc2nc(NC3CCN(OC(=O)Nc4cccc(C(F)(F)F)c4)CC3)c3ncn(C4CCCC4)c3n2)CC1. The number of amides is 1. The van der Waals surface area contributed by atoms with Crippen LogP contribution in [0, 0.1) is 0 Å². The Kier molecular flexibility index (Phi) is 8.57. The molecule has 0 radical (unpaired) electrons. The van der Waals surface area contributed by atoms with E-state index in [1.54, 1.807) is 0 Å². The molecule has 0 bridgehead atoms. The van der Waals surface area contributed by atoms with Gasteiger partial charge in [-0.2, -0.15) is 23.1 Å². The van der Waals surface area contributed by atoms with Crippen LogP contribution in [0.25, 0.3) is 11.2 Å². The van der Waals surface area contributed by atoms with Gasteiger partial charge in [-0.05, 0) is 69.6 Å². The largest absolute Gasteiger partial charge is 0.430 e. The van der Waals surface area contributed by atoms with E-state index in [4.69, 9.17) is 25.5 Å². The van der Waals surface area contributed by atoms with Crippen molar-refractivity contribution in [3.8, 4) is 0 Å². The summed E-state index contributed by atoms with van der Waals surface area (Å²) >= 11 is 0. The maximum absolute atomic E-state index is 13.0. The lowest BCUT2D eigenvalue weighted by molar-refractivity contribution is -0.137. The molecule has 0 atom stereocenters. The zero-order valence-corrected chi connectivity index (χ0v) is 23.9. The zero-order valence-electron chi connectivity index (χ0n) is 23.9. The number of nitrogens with two attached hydrogens (primary N) is 1. The highest BCUT2D eigenvalue weighted by atomic mass is 19.4. The van der Waals surface area contributed by atoms with E-state index in [0.717, 1.165) is 61.8 Å². The summed E-state index contributed by atoms with van der Waals surface area (Å²) in [4.78, 5) is 32.2. The molecule has 1 saturated heterocycles. The second-order valence-corrected chi connectivity index (χ2v) is 11.8. The number of halogens is 3. The van der Waals surface area contributed by atoms with E-state index in [1.807, 2.05) is 6.33 Å². The zero-order chi connectivity index (χ0) is 30.0. The smallest absolute Gasteiger partial charge is 0.365 e. The molecule has 1 amide bonds. The third kappa shape index (κ3) is 7.12. The number of carbonyl (C=O) groups excluding carboxylic acids is 1. The summed E-state index contributed by atoms with van der Waals surface area (Å²) in [5.41, 5.74) is 6.84. The number of fused-ring (bicyclic) bond motifs is 1. The van der Waals surface area contributed by atoms with Crippen LogP contribution in [0.3, 0.4) is 0 Å². The second kappa shape index (κ2) is 12.5. The van der Waals surface area contributed by atoms with E-state index in [2.05, 4.69) is 20.5 Å². The van der Waals surface area contributed by atoms with Crippen molar-refractivity contribution >= 4 is 34.7 Å². The van der Waals surface area contributed by atoms with Gasteiger partial charge in [-0.15, -0.1) is 5.06 Å². The number of benzene rings is 1. The van der Waals surface area contributed by atoms with Crippen molar-refractivity contribution in [3.63, 3.8) is 0 Å². The Morgan fingerprint density at radius 2 is 1.67 bits per heavy atom. The fourth-order valence-electron chi connectivity index (χ4n) is 6.29. The molecule has 14 heteroatoms. The fraction of sp³-hybridized carbons (Fsp3) is 0.586. The number of hydrogen-bond donors (Lipinski definition) is 4. The number of anilines is 3. The lowest BCUT2D eigenvalue weighted by Crippen LogP contribution is -2.41. The minimum atomic E-state index is -4.50. The minimum absolute atomic E-state index is 0.0154. The molecular weight excluding hydrogens is 563 g/mol. The van der Waals surface area contributed by atoms with Crippen LogP contribution < -0.4 is 21.7 Å². The van der Waals surface area contributed by atoms with Gasteiger partial charge in [-0.1, -0.05) is 18.9 Å². The molecular formula is C29H38F3N9O2. The lowest BCUT2D eigenvalue weighted by atomic mass is 9.92. The predicted octanol–water partition coefficient (Wildman–Crippen LogP) is 5.68. The maximum Gasteiger partial charge on any atom is 0.430 e. The molecule has 3 heterocycles. The molecule has 3 aliphatic rings. The van der Waals surface area contributed by atoms with Gasteiger partial charge in [0.15, 0.2) is 17.0 Å². The molecule has 2 saturated carbocycles. The molecule has 6 rings (SSSR count). The topological polar surface area (TPSA) is 135 Å². The first-order valence-electron chi connectivity index (χ1n) is 15.2. The summed E-state index contributed by atoms with van der Waals surface area (Å²) in [6.07, 6.45) is 6.41. The Morgan fingerprint density at radius 1 is 0.953 bits per heavy atom. The third-order valence-corrected chi connectivity index (χ3v) is 8.69. The molecule has 0 unspecified atom stereocenters. The maximum atomic E-state index is 13.0. The number of carbonyl (C=O) groups is 1. The van der Waals surface area contributed by atoms with Crippen LogP contribution in [0.15, 0.2) is 30.6 Å². The number of hydrogen-bond acceptors (Lipinski definition) is 9. The number of piperidine rings is 1. The number of nitrogens with one attached hydrogen (secondary N) is 3. The molecule has 2 aliphatic carbocycles. The Balaban J connectivity index is 1.10. The molecule has 3 fully saturated rings. The molecule has 0 spiro atoms. The van der Waals surface area contributed by atoms with Crippen LogP contribution >= 0.6 is 0 Å². The number of nitrogens with zero attached hydrogens (tertiary/aromatic N) is 5. The van der Waals surface area contributed by atoms with Gasteiger partial charge in [0.2, 0.25) is 5.95 Å². The summed E-state index contributed by atoms with van der Waals surface area (Å²) in [5, 5.41) is 11.0. The Morgan fingerprint density at radius 3 is 2.40 bits per heavy atom. The number of rotatable bonds is 7. The molecule has 11 nitrogen and oxygen atoms in total. The van der Waals surface area contributed by atoms with E-state index >= 15 is 0 Å². The first-order valence-corrected chi connectivity index (χ1v) is 15.2. The van der Waals surface area contributed by atoms with Crippen LogP contribution in [0.1, 0.15) is 75.8 Å². The highest BCUT2D eigenvalue weighted by Crippen LogP contribution is 2.34. The third-order valence-electron chi connectivity index (χ3n) is 8.69. The van der Waals surface area contributed by atoms with Crippen molar-refractivity contribution in [2.75, 3.05) is 29.0 Å². The second-order valence-electron chi connectivity index (χ2n) is 11.8. The van der Waals surface area contributed by atoms with Gasteiger partial charge in [0.1, 0.15) is 0 Å². The molecule has 43 heavy (non-hydrogen) atoms. The fourth-order valence-corrected chi connectivity index (χ4v) is 6.29. The monoisotopic (exact) mass is 601 g/mol. The molecule has 2 aromatic heterocycles. The van der Waals surface area contributed by atoms with Crippen LogP contribution in [0.4, 0.5) is 35.4 Å². The average molecular weight is 602 g/mol. The molecule has 5 N–H and O–H groups in total. The van der Waals surface area contributed by atoms with E-state index in [0.29, 0.717) is 43.7 Å². The molecule has 1 aliphatic heterocycles. The van der Waals surface area contributed by atoms with Crippen molar-refractivity contribution in [3.05, 3.63) is 36.2 Å². The predicted molar refractivity (Wildman–Crippen MR) is 156 cm³/mol. The van der Waals surface area contributed by atoms with Gasteiger partial charge in [0.05, 0.1) is 11.9 Å². The van der Waals surface area contributed by atoms with E-state index in [9.17, 15) is 18.0 Å². The van der Waals surface area contributed by atoms with Crippen LogP contribution in [0.2, 0.25) is 0 Å². The average Bonchev–Trinajstić information content (AvgIpc) is 3.65. The van der Waals surface area contributed by atoms with Gasteiger partial charge in [-0.3, -0.25) is 5.32 Å². The van der Waals surface area contributed by atoms with Gasteiger partial charge in [0.25, 0.3) is 0 Å². The Bertz CT molecular complexity index is 1410. The Hall–Kier alpha value is -3.65. The minimum Gasteiger partial charge on any atom is -0.365 e. The number of hydroxylamine groups is 2. The molecule has 3 aromatic rings. The molecule has 1 aromatic carbocycles. The highest BCUT2D eigenvalue weighted by molar-refractivity contribution is 5.85. The van der Waals surface area contributed by atoms with Crippen molar-refractivity contribution in [1.82, 2.24) is 24.6 Å². The summed E-state index contributed by atoms with van der Waals surface area (Å²) in [6.45, 7) is 0.901. The van der Waals surface area contributed by atoms with Crippen molar-refractivity contribution < 1.29 is 22.8 Å². The first-order chi connectivity index (χ1) is 20.7. The first kappa shape index (κ1) is 29.4. The number of imidazole rings is 1. The number of alkyl halides is 3. The van der Waals surface area contributed by atoms with Gasteiger partial charge in [0, 0.05) is 42.9 Å². The standard InChI is InChI=1S/C29H38F3N9O2/c30-29(31,32)18-4-3-5-22(16-18)37-28(42)43-40-14-12-21(13-15-40)35-25-24-26(41(17-34-24)23-6-1-2-7-23)39-27(38-25)36-20-10-8-19(33)9-11-20/h3-5,16-17,19-21,23H,1-2,6-15,33H2,(H,37,42)(H2,35,36,38,39). The summed E-state index contributed by atoms with van der Waals surface area (Å²) in [5.74, 6) is 1.26. The van der Waals surface area contributed by atoms with Crippen LogP contribution in [-0.2, 0) is 11.0 Å². The number of aromatic nitrogens is 4. The lowest BCUT2D eigenvalue weighted by Gasteiger charge is -2.31. The summed E-state index contributed by atoms with van der Waals surface area (Å²) in [6, 6.07) is 5.42. The normalized spacial score (nSPS) is 22.5. The summed E-state index contributed by atoms with van der Waals surface area (Å²) < 4.78 is 41.2.